The predicted molar refractivity (Wildman–Crippen MR) is 117 cm³/mol. The van der Waals surface area contributed by atoms with Crippen molar-refractivity contribution in [1.82, 2.24) is 9.88 Å². The van der Waals surface area contributed by atoms with Crippen molar-refractivity contribution in [2.45, 2.75) is 46.6 Å². The molecule has 1 amide bonds. The van der Waals surface area contributed by atoms with Crippen LogP contribution >= 0.6 is 0 Å². The Bertz CT molecular complexity index is 973. The second-order valence-electron chi connectivity index (χ2n) is 8.02. The third-order valence-electron chi connectivity index (χ3n) is 5.76. The van der Waals surface area contributed by atoms with Gasteiger partial charge >= 0.3 is 5.97 Å². The van der Waals surface area contributed by atoms with E-state index in [0.29, 0.717) is 40.6 Å². The second kappa shape index (κ2) is 9.37. The lowest BCUT2D eigenvalue weighted by molar-refractivity contribution is 0.0518. The first kappa shape index (κ1) is 22.6. The van der Waals surface area contributed by atoms with Crippen molar-refractivity contribution in [2.75, 3.05) is 20.3 Å². The number of Topliss-reactive ketones (excluding diaryl/α,β-unsaturated/α-hetero) is 1. The number of hydrogen-bond acceptors (Lipinski definition) is 5. The molecule has 0 saturated heterocycles. The Morgan fingerprint density at radius 1 is 1.16 bits per heavy atom. The number of nitrogens with zero attached hydrogens (tertiary/aromatic N) is 1. The monoisotopic (exact) mass is 426 g/mol. The van der Waals surface area contributed by atoms with E-state index in [9.17, 15) is 14.4 Å². The van der Waals surface area contributed by atoms with E-state index in [1.54, 1.807) is 64.0 Å². The molecule has 0 bridgehead atoms. The molecule has 1 fully saturated rings. The van der Waals surface area contributed by atoms with Crippen LogP contribution in [0.2, 0.25) is 0 Å². The zero-order valence-corrected chi connectivity index (χ0v) is 18.8. The molecule has 0 aliphatic heterocycles. The predicted octanol–water partition coefficient (Wildman–Crippen LogP) is 3.94. The summed E-state index contributed by atoms with van der Waals surface area (Å²) in [7, 11) is 1.57. The maximum absolute atomic E-state index is 13.5. The number of hydrogen-bond donors (Lipinski definition) is 1. The molecule has 1 atom stereocenters. The van der Waals surface area contributed by atoms with Crippen LogP contribution in [-0.2, 0) is 4.74 Å². The Morgan fingerprint density at radius 3 is 2.35 bits per heavy atom. The number of ketones is 1. The smallest absolute Gasteiger partial charge is 0.355 e. The fourth-order valence-electron chi connectivity index (χ4n) is 3.77. The summed E-state index contributed by atoms with van der Waals surface area (Å²) in [6.45, 7) is 7.75. The minimum Gasteiger partial charge on any atom is -0.497 e. The Morgan fingerprint density at radius 2 is 1.81 bits per heavy atom. The fraction of sp³-hybridized carbons (Fsp3) is 0.458. The Balaban J connectivity index is 1.89. The van der Waals surface area contributed by atoms with E-state index in [0.717, 1.165) is 12.8 Å². The van der Waals surface area contributed by atoms with Gasteiger partial charge in [-0.15, -0.1) is 0 Å². The number of methoxy groups -OCH3 is 1. The molecule has 0 spiro atoms. The highest BCUT2D eigenvalue weighted by Crippen LogP contribution is 2.32. The second-order valence-corrected chi connectivity index (χ2v) is 8.02. The van der Waals surface area contributed by atoms with E-state index < -0.39 is 12.0 Å². The van der Waals surface area contributed by atoms with Gasteiger partial charge in [0.1, 0.15) is 11.4 Å². The highest BCUT2D eigenvalue weighted by molar-refractivity contribution is 6.07. The maximum atomic E-state index is 13.5. The standard InChI is InChI=1S/C24H30N2O5/c1-6-31-24(29)21-14(2)20(15(3)25-21)22(27)16(4)26(13-17-7-8-17)23(28)18-9-11-19(30-5)12-10-18/h9-12,16-17,25H,6-8,13H2,1-5H3. The van der Waals surface area contributed by atoms with Gasteiger partial charge in [0.25, 0.3) is 5.91 Å². The number of benzene rings is 1. The molecule has 7 heteroatoms. The van der Waals surface area contributed by atoms with E-state index in [-0.39, 0.29) is 24.0 Å². The van der Waals surface area contributed by atoms with E-state index in [2.05, 4.69) is 4.98 Å². The molecule has 31 heavy (non-hydrogen) atoms. The number of amides is 1. The van der Waals surface area contributed by atoms with Gasteiger partial charge in [-0.3, -0.25) is 9.59 Å². The quantitative estimate of drug-likeness (QED) is 0.485. The first-order chi connectivity index (χ1) is 14.8. The summed E-state index contributed by atoms with van der Waals surface area (Å²) in [6.07, 6.45) is 2.12. The number of aromatic amines is 1. The van der Waals surface area contributed by atoms with Gasteiger partial charge in [-0.2, -0.15) is 0 Å². The van der Waals surface area contributed by atoms with Crippen LogP contribution in [0.3, 0.4) is 0 Å². The number of aryl methyl sites for hydroxylation is 1. The number of carbonyl (C=O) groups excluding carboxylic acids is 3. The van der Waals surface area contributed by atoms with Gasteiger partial charge in [-0.1, -0.05) is 0 Å². The summed E-state index contributed by atoms with van der Waals surface area (Å²) >= 11 is 0. The van der Waals surface area contributed by atoms with Crippen LogP contribution in [-0.4, -0.2) is 53.8 Å². The summed E-state index contributed by atoms with van der Waals surface area (Å²) in [5, 5.41) is 0. The zero-order chi connectivity index (χ0) is 22.7. The first-order valence-electron chi connectivity index (χ1n) is 10.6. The van der Waals surface area contributed by atoms with E-state index in [4.69, 9.17) is 9.47 Å². The van der Waals surface area contributed by atoms with Crippen LogP contribution in [0.15, 0.2) is 24.3 Å². The van der Waals surface area contributed by atoms with Gasteiger partial charge in [0, 0.05) is 23.4 Å². The fourth-order valence-corrected chi connectivity index (χ4v) is 3.77. The minimum atomic E-state index is -0.668. The summed E-state index contributed by atoms with van der Waals surface area (Å²) in [6, 6.07) is 6.23. The number of ether oxygens (including phenoxy) is 2. The number of nitrogens with one attached hydrogen (secondary N) is 1. The van der Waals surface area contributed by atoms with Crippen LogP contribution in [0.1, 0.15) is 69.2 Å². The Hall–Kier alpha value is -3.09. The summed E-state index contributed by atoms with van der Waals surface area (Å²) in [5.74, 6) is 0.218. The van der Waals surface area contributed by atoms with Gasteiger partial charge in [-0.25, -0.2) is 4.79 Å². The van der Waals surface area contributed by atoms with Crippen molar-refractivity contribution in [3.63, 3.8) is 0 Å². The minimum absolute atomic E-state index is 0.188. The largest absolute Gasteiger partial charge is 0.497 e. The lowest BCUT2D eigenvalue weighted by Gasteiger charge is -2.29. The normalized spacial score (nSPS) is 14.1. The molecule has 1 heterocycles. The van der Waals surface area contributed by atoms with Crippen molar-refractivity contribution >= 4 is 17.7 Å². The molecule has 1 aromatic carbocycles. The van der Waals surface area contributed by atoms with Crippen LogP contribution in [0.4, 0.5) is 0 Å². The SMILES string of the molecule is CCOC(=O)c1[nH]c(C)c(C(=O)C(C)N(CC2CC2)C(=O)c2ccc(OC)cc2)c1C. The molecule has 1 saturated carbocycles. The lowest BCUT2D eigenvalue weighted by Crippen LogP contribution is -2.44. The summed E-state index contributed by atoms with van der Waals surface area (Å²) in [5.41, 5.74) is 2.39. The summed E-state index contributed by atoms with van der Waals surface area (Å²) < 4.78 is 10.3. The third-order valence-corrected chi connectivity index (χ3v) is 5.76. The van der Waals surface area contributed by atoms with Crippen LogP contribution in [0.25, 0.3) is 0 Å². The molecule has 166 valence electrons. The Labute approximate surface area is 182 Å². The van der Waals surface area contributed by atoms with Crippen molar-refractivity contribution in [3.05, 3.63) is 52.3 Å². The average molecular weight is 427 g/mol. The molecule has 1 unspecified atom stereocenters. The average Bonchev–Trinajstić information content (AvgIpc) is 3.54. The molecular formula is C24H30N2O5. The highest BCUT2D eigenvalue weighted by Gasteiger charge is 2.35. The Kier molecular flexibility index (Phi) is 6.83. The molecule has 1 aliphatic rings. The van der Waals surface area contributed by atoms with E-state index >= 15 is 0 Å². The van der Waals surface area contributed by atoms with Crippen molar-refractivity contribution in [3.8, 4) is 5.75 Å². The molecule has 1 aromatic heterocycles. The van der Waals surface area contributed by atoms with Crippen molar-refractivity contribution < 1.29 is 23.9 Å². The van der Waals surface area contributed by atoms with Crippen molar-refractivity contribution in [2.24, 2.45) is 5.92 Å². The van der Waals surface area contributed by atoms with Gasteiger partial charge in [0.2, 0.25) is 0 Å². The topological polar surface area (TPSA) is 88.7 Å². The molecule has 1 aliphatic carbocycles. The molecule has 3 rings (SSSR count). The first-order valence-corrected chi connectivity index (χ1v) is 10.6. The van der Waals surface area contributed by atoms with Gasteiger partial charge < -0.3 is 19.4 Å². The number of H-pyrrole nitrogens is 1. The van der Waals surface area contributed by atoms with Crippen LogP contribution in [0, 0.1) is 19.8 Å². The number of rotatable bonds is 9. The zero-order valence-electron chi connectivity index (χ0n) is 18.8. The number of carbonyl (C=O) groups is 3. The molecule has 7 nitrogen and oxygen atoms in total. The van der Waals surface area contributed by atoms with Crippen molar-refractivity contribution in [1.29, 1.82) is 0 Å². The van der Waals surface area contributed by atoms with Crippen LogP contribution in [0.5, 0.6) is 5.75 Å². The number of esters is 1. The summed E-state index contributed by atoms with van der Waals surface area (Å²) in [4.78, 5) is 43.6. The van der Waals surface area contributed by atoms with Gasteiger partial charge in [0.15, 0.2) is 5.78 Å². The van der Waals surface area contributed by atoms with Gasteiger partial charge in [-0.05, 0) is 76.3 Å². The lowest BCUT2D eigenvalue weighted by atomic mass is 9.99. The molecular weight excluding hydrogens is 396 g/mol. The highest BCUT2D eigenvalue weighted by atomic mass is 16.5. The van der Waals surface area contributed by atoms with Crippen LogP contribution < -0.4 is 4.74 Å². The van der Waals surface area contributed by atoms with E-state index in [1.807, 2.05) is 0 Å². The third kappa shape index (κ3) is 4.81. The number of aromatic nitrogens is 1. The molecule has 1 N–H and O–H groups in total. The maximum Gasteiger partial charge on any atom is 0.355 e. The van der Waals surface area contributed by atoms with E-state index in [1.165, 1.54) is 0 Å². The van der Waals surface area contributed by atoms with Gasteiger partial charge in [0.05, 0.1) is 19.8 Å². The molecule has 0 radical (unpaired) electrons. The molecule has 2 aromatic rings.